The second kappa shape index (κ2) is 7.52. The van der Waals surface area contributed by atoms with E-state index in [1.807, 2.05) is 5.32 Å². The van der Waals surface area contributed by atoms with Crippen molar-refractivity contribution < 1.29 is 30.8 Å². The monoisotopic (exact) mass is 425 g/mol. The van der Waals surface area contributed by atoms with Crippen LogP contribution in [-0.2, 0) is 16.2 Å². The minimum Gasteiger partial charge on any atom is -0.298 e. The van der Waals surface area contributed by atoms with E-state index in [4.69, 9.17) is 0 Å². The summed E-state index contributed by atoms with van der Waals surface area (Å²) < 4.78 is 77.6. The van der Waals surface area contributed by atoms with E-state index in [1.54, 1.807) is 13.8 Å². The van der Waals surface area contributed by atoms with Gasteiger partial charge in [-0.25, -0.2) is 17.8 Å². The second-order valence-corrected chi connectivity index (χ2v) is 8.60. The lowest BCUT2D eigenvalue weighted by molar-refractivity contribution is -0.140. The number of halogens is 4. The molecular weight excluding hydrogens is 410 g/mol. The number of benzene rings is 1. The molecule has 1 N–H and O–H groups in total. The molecule has 0 unspecified atom stereocenters. The topological polar surface area (TPSA) is 79.4 Å². The summed E-state index contributed by atoms with van der Waals surface area (Å²) in [5.74, 6) is -2.13. The van der Waals surface area contributed by atoms with E-state index in [0.717, 1.165) is 22.5 Å². The van der Waals surface area contributed by atoms with E-state index in [2.05, 4.69) is 4.98 Å². The Bertz CT molecular complexity index is 955. The molecule has 0 bridgehead atoms. The zero-order valence-electron chi connectivity index (χ0n) is 14.3. The van der Waals surface area contributed by atoms with Gasteiger partial charge in [0, 0.05) is 18.5 Å². The highest BCUT2D eigenvalue weighted by Gasteiger charge is 2.34. The molecule has 1 aromatic heterocycles. The molecule has 12 heteroatoms. The highest BCUT2D eigenvalue weighted by molar-refractivity contribution is 7.89. The van der Waals surface area contributed by atoms with Crippen LogP contribution in [0.25, 0.3) is 0 Å². The highest BCUT2D eigenvalue weighted by Crippen LogP contribution is 2.32. The van der Waals surface area contributed by atoms with Crippen molar-refractivity contribution >= 4 is 32.4 Å². The van der Waals surface area contributed by atoms with E-state index in [0.29, 0.717) is 16.7 Å². The predicted octanol–water partition coefficient (Wildman–Crippen LogP) is 3.58. The van der Waals surface area contributed by atoms with Crippen molar-refractivity contribution in [2.45, 2.75) is 31.0 Å². The lowest BCUT2D eigenvalue weighted by atomic mass is 10.2. The Hall–Kier alpha value is -2.05. The number of anilines is 1. The zero-order chi connectivity index (χ0) is 20.6. The van der Waals surface area contributed by atoms with Crippen LogP contribution in [0.1, 0.15) is 29.9 Å². The average Bonchev–Trinajstić information content (AvgIpc) is 3.02. The van der Waals surface area contributed by atoms with E-state index in [1.165, 1.54) is 7.05 Å². The summed E-state index contributed by atoms with van der Waals surface area (Å²) >= 11 is 0.512. The minimum atomic E-state index is -4.68. The van der Waals surface area contributed by atoms with Crippen LogP contribution in [0.15, 0.2) is 28.5 Å². The van der Waals surface area contributed by atoms with Gasteiger partial charge < -0.3 is 0 Å². The maximum absolute atomic E-state index is 14.0. The Labute approximate surface area is 156 Å². The van der Waals surface area contributed by atoms with Crippen LogP contribution in [-0.4, -0.2) is 36.7 Å². The van der Waals surface area contributed by atoms with Gasteiger partial charge in [-0.05, 0) is 32.0 Å². The molecule has 1 amide bonds. The molecular formula is C15H15F4N3O3S2. The molecule has 0 aliphatic carbocycles. The van der Waals surface area contributed by atoms with Gasteiger partial charge in [-0.15, -0.1) is 11.3 Å². The molecule has 0 fully saturated rings. The lowest BCUT2D eigenvalue weighted by Crippen LogP contribution is -2.33. The number of nitrogens with zero attached hydrogens (tertiary/aromatic N) is 2. The predicted molar refractivity (Wildman–Crippen MR) is 91.6 cm³/mol. The lowest BCUT2D eigenvalue weighted by Gasteiger charge is -2.21. The standard InChI is InChI=1S/C15H15F4N3O3S2/c1-8(2)22(3)27(24,25)9-4-5-11(16)10(6-9)13(23)21-14-20-12(7-26-14)15(17,18)19/h4-8H,1-3H3,(H,20,21,23). The number of rotatable bonds is 5. The van der Waals surface area contributed by atoms with Crippen LogP contribution < -0.4 is 5.32 Å². The number of alkyl halides is 3. The second-order valence-electron chi connectivity index (χ2n) is 5.75. The zero-order valence-corrected chi connectivity index (χ0v) is 16.0. The van der Waals surface area contributed by atoms with Gasteiger partial charge in [-0.2, -0.15) is 17.5 Å². The molecule has 0 aliphatic heterocycles. The summed E-state index contributed by atoms with van der Waals surface area (Å²) in [7, 11) is -2.64. The third-order valence-corrected chi connectivity index (χ3v) is 6.39. The van der Waals surface area contributed by atoms with Crippen molar-refractivity contribution in [2.24, 2.45) is 0 Å². The maximum atomic E-state index is 14.0. The number of amides is 1. The first-order valence-corrected chi connectivity index (χ1v) is 9.77. The van der Waals surface area contributed by atoms with Crippen LogP contribution in [0.3, 0.4) is 0 Å². The molecule has 0 atom stereocenters. The Balaban J connectivity index is 2.33. The fourth-order valence-corrected chi connectivity index (χ4v) is 4.02. The number of nitrogens with one attached hydrogen (secondary N) is 1. The van der Waals surface area contributed by atoms with Gasteiger partial charge in [0.25, 0.3) is 5.91 Å². The third-order valence-electron chi connectivity index (χ3n) is 3.60. The van der Waals surface area contributed by atoms with Crippen LogP contribution in [0.5, 0.6) is 0 Å². The molecule has 0 spiro atoms. The van der Waals surface area contributed by atoms with Gasteiger partial charge >= 0.3 is 6.18 Å². The Morgan fingerprint density at radius 3 is 2.44 bits per heavy atom. The summed E-state index contributed by atoms with van der Waals surface area (Å²) in [6.45, 7) is 3.27. The van der Waals surface area contributed by atoms with Crippen LogP contribution in [0, 0.1) is 5.82 Å². The molecule has 0 aliphatic rings. The number of hydrogen-bond donors (Lipinski definition) is 1. The molecule has 6 nitrogen and oxygen atoms in total. The number of carbonyl (C=O) groups excluding carboxylic acids is 1. The van der Waals surface area contributed by atoms with Crippen molar-refractivity contribution in [2.75, 3.05) is 12.4 Å². The molecule has 148 valence electrons. The number of hydrogen-bond acceptors (Lipinski definition) is 5. The molecule has 2 aromatic rings. The van der Waals surface area contributed by atoms with Gasteiger partial charge in [0.2, 0.25) is 10.0 Å². The van der Waals surface area contributed by atoms with E-state index in [9.17, 15) is 30.8 Å². The first-order chi connectivity index (χ1) is 12.3. The van der Waals surface area contributed by atoms with Crippen LogP contribution >= 0.6 is 11.3 Å². The highest BCUT2D eigenvalue weighted by atomic mass is 32.2. The first-order valence-electron chi connectivity index (χ1n) is 7.45. The smallest absolute Gasteiger partial charge is 0.298 e. The van der Waals surface area contributed by atoms with Crippen molar-refractivity contribution in [3.05, 3.63) is 40.7 Å². The quantitative estimate of drug-likeness (QED) is 0.743. The summed E-state index contributed by atoms with van der Waals surface area (Å²) in [6, 6.07) is 2.26. The molecule has 1 aromatic carbocycles. The maximum Gasteiger partial charge on any atom is 0.434 e. The van der Waals surface area contributed by atoms with Gasteiger partial charge in [0.15, 0.2) is 10.8 Å². The largest absolute Gasteiger partial charge is 0.434 e. The van der Waals surface area contributed by atoms with Crippen molar-refractivity contribution in [3.63, 3.8) is 0 Å². The van der Waals surface area contributed by atoms with Crippen molar-refractivity contribution in [1.29, 1.82) is 0 Å². The average molecular weight is 425 g/mol. The van der Waals surface area contributed by atoms with Gasteiger partial charge in [0.05, 0.1) is 10.5 Å². The first kappa shape index (κ1) is 21.3. The SMILES string of the molecule is CC(C)N(C)S(=O)(=O)c1ccc(F)c(C(=O)Nc2nc(C(F)(F)F)cs2)c1. The third kappa shape index (κ3) is 4.62. The number of aromatic nitrogens is 1. The summed E-state index contributed by atoms with van der Waals surface area (Å²) in [6.07, 6.45) is -4.68. The molecule has 0 saturated heterocycles. The number of thiazole rings is 1. The fourth-order valence-electron chi connectivity index (χ4n) is 1.91. The molecule has 27 heavy (non-hydrogen) atoms. The fraction of sp³-hybridized carbons (Fsp3) is 0.333. The minimum absolute atomic E-state index is 0.319. The van der Waals surface area contributed by atoms with E-state index in [-0.39, 0.29) is 16.1 Å². The Morgan fingerprint density at radius 2 is 1.93 bits per heavy atom. The van der Waals surface area contributed by atoms with Gasteiger partial charge in [-0.1, -0.05) is 0 Å². The van der Waals surface area contributed by atoms with E-state index < -0.39 is 39.2 Å². The van der Waals surface area contributed by atoms with Crippen LogP contribution in [0.2, 0.25) is 0 Å². The molecule has 0 radical (unpaired) electrons. The van der Waals surface area contributed by atoms with E-state index >= 15 is 0 Å². The molecule has 1 heterocycles. The van der Waals surface area contributed by atoms with Gasteiger partial charge in [0.1, 0.15) is 5.82 Å². The van der Waals surface area contributed by atoms with Crippen molar-refractivity contribution in [1.82, 2.24) is 9.29 Å². The summed E-state index contributed by atoms with van der Waals surface area (Å²) in [4.78, 5) is 15.1. The molecule has 2 rings (SSSR count). The number of sulfonamides is 1. The summed E-state index contributed by atoms with van der Waals surface area (Å²) in [5.41, 5.74) is -1.82. The van der Waals surface area contributed by atoms with Crippen molar-refractivity contribution in [3.8, 4) is 0 Å². The van der Waals surface area contributed by atoms with Gasteiger partial charge in [-0.3, -0.25) is 10.1 Å². The Kier molecular flexibility index (Phi) is 5.92. The molecule has 0 saturated carbocycles. The summed E-state index contributed by atoms with van der Waals surface area (Å²) in [5, 5.41) is 2.35. The van der Waals surface area contributed by atoms with Crippen LogP contribution in [0.4, 0.5) is 22.7 Å². The number of carbonyl (C=O) groups is 1. The Morgan fingerprint density at radius 1 is 1.30 bits per heavy atom. The normalized spacial score (nSPS) is 12.6.